The van der Waals surface area contributed by atoms with Gasteiger partial charge in [0.25, 0.3) is 5.91 Å². The number of nitrogens with one attached hydrogen (secondary N) is 3. The van der Waals surface area contributed by atoms with Crippen LogP contribution in [0.5, 0.6) is 0 Å². The van der Waals surface area contributed by atoms with Gasteiger partial charge in [0.2, 0.25) is 0 Å². The maximum Gasteiger partial charge on any atom is 0.252 e. The van der Waals surface area contributed by atoms with E-state index in [0.717, 1.165) is 18.4 Å². The van der Waals surface area contributed by atoms with Crippen molar-refractivity contribution in [3.63, 3.8) is 0 Å². The van der Waals surface area contributed by atoms with Crippen molar-refractivity contribution >= 4 is 47.4 Å². The second kappa shape index (κ2) is 13.2. The standard InChI is InChI=1S/C19H29ClN4O.HI/c1-21-19(23-12-6-9-15-7-2-3-8-15)24-14-13-22-18(25)16-10-4-5-11-17(16)20;/h4-5,10-11,15H,2-3,6-9,12-14H2,1H3,(H,22,25)(H2,21,23,24);1H. The number of nitrogens with zero attached hydrogens (tertiary/aromatic N) is 1. The number of halogens is 2. The van der Waals surface area contributed by atoms with Gasteiger partial charge in [0, 0.05) is 26.7 Å². The van der Waals surface area contributed by atoms with Gasteiger partial charge in [-0.05, 0) is 30.9 Å². The lowest BCUT2D eigenvalue weighted by molar-refractivity contribution is 0.0954. The second-order valence-corrected chi connectivity index (χ2v) is 6.86. The average molecular weight is 493 g/mol. The number of aliphatic imine (C=N–C) groups is 1. The first-order valence-electron chi connectivity index (χ1n) is 9.18. The number of rotatable bonds is 8. The highest BCUT2D eigenvalue weighted by atomic mass is 127. The molecule has 2 rings (SSSR count). The Balaban J connectivity index is 0.00000338. The Morgan fingerprint density at radius 3 is 2.46 bits per heavy atom. The van der Waals surface area contributed by atoms with Crippen LogP contribution in [0.1, 0.15) is 48.9 Å². The molecule has 26 heavy (non-hydrogen) atoms. The van der Waals surface area contributed by atoms with Crippen LogP contribution in [0.15, 0.2) is 29.3 Å². The van der Waals surface area contributed by atoms with Crippen molar-refractivity contribution in [2.24, 2.45) is 10.9 Å². The van der Waals surface area contributed by atoms with E-state index in [1.807, 2.05) is 6.07 Å². The normalized spacial score (nSPS) is 14.6. The van der Waals surface area contributed by atoms with Gasteiger partial charge in [0.1, 0.15) is 0 Å². The summed E-state index contributed by atoms with van der Waals surface area (Å²) in [5, 5.41) is 9.86. The number of carbonyl (C=O) groups excluding carboxylic acids is 1. The van der Waals surface area contributed by atoms with E-state index < -0.39 is 0 Å². The summed E-state index contributed by atoms with van der Waals surface area (Å²) in [6.07, 6.45) is 8.09. The molecule has 1 aromatic rings. The first kappa shape index (κ1) is 23.0. The Hall–Kier alpha value is -1.02. The molecule has 0 aromatic heterocycles. The Morgan fingerprint density at radius 2 is 1.77 bits per heavy atom. The van der Waals surface area contributed by atoms with E-state index in [9.17, 15) is 4.79 Å². The van der Waals surface area contributed by atoms with Crippen LogP contribution in [0.3, 0.4) is 0 Å². The zero-order valence-corrected chi connectivity index (χ0v) is 18.5. The van der Waals surface area contributed by atoms with Crippen LogP contribution in [-0.2, 0) is 0 Å². The van der Waals surface area contributed by atoms with Crippen LogP contribution in [0, 0.1) is 5.92 Å². The summed E-state index contributed by atoms with van der Waals surface area (Å²) in [6.45, 7) is 2.05. The highest BCUT2D eigenvalue weighted by molar-refractivity contribution is 14.0. The van der Waals surface area contributed by atoms with Gasteiger partial charge in [-0.25, -0.2) is 0 Å². The average Bonchev–Trinajstić information content (AvgIpc) is 3.14. The van der Waals surface area contributed by atoms with E-state index in [2.05, 4.69) is 20.9 Å². The molecule has 1 aliphatic carbocycles. The Morgan fingerprint density at radius 1 is 1.12 bits per heavy atom. The van der Waals surface area contributed by atoms with Gasteiger partial charge in [0.15, 0.2) is 5.96 Å². The molecular weight excluding hydrogens is 463 g/mol. The molecular formula is C19H30ClIN4O. The van der Waals surface area contributed by atoms with Crippen LogP contribution in [0.4, 0.5) is 0 Å². The molecule has 7 heteroatoms. The highest BCUT2D eigenvalue weighted by Crippen LogP contribution is 2.28. The molecule has 0 spiro atoms. The topological polar surface area (TPSA) is 65.5 Å². The van der Waals surface area contributed by atoms with E-state index in [0.29, 0.717) is 23.7 Å². The van der Waals surface area contributed by atoms with E-state index in [1.54, 1.807) is 25.2 Å². The Bertz CT molecular complexity index is 576. The molecule has 1 amide bonds. The lowest BCUT2D eigenvalue weighted by Crippen LogP contribution is -2.41. The summed E-state index contributed by atoms with van der Waals surface area (Å²) in [6, 6.07) is 7.04. The van der Waals surface area contributed by atoms with Gasteiger partial charge in [-0.15, -0.1) is 24.0 Å². The lowest BCUT2D eigenvalue weighted by atomic mass is 10.0. The second-order valence-electron chi connectivity index (χ2n) is 6.45. The summed E-state index contributed by atoms with van der Waals surface area (Å²) < 4.78 is 0. The van der Waals surface area contributed by atoms with Crippen LogP contribution < -0.4 is 16.0 Å². The fraction of sp³-hybridized carbons (Fsp3) is 0.579. The van der Waals surface area contributed by atoms with Crippen LogP contribution in [-0.4, -0.2) is 38.5 Å². The number of guanidine groups is 1. The minimum atomic E-state index is -0.160. The zero-order valence-electron chi connectivity index (χ0n) is 15.4. The van der Waals surface area contributed by atoms with Crippen LogP contribution in [0.2, 0.25) is 5.02 Å². The molecule has 1 aliphatic rings. The fourth-order valence-corrected chi connectivity index (χ4v) is 3.44. The van der Waals surface area contributed by atoms with Gasteiger partial charge in [0.05, 0.1) is 10.6 Å². The van der Waals surface area contributed by atoms with Crippen molar-refractivity contribution < 1.29 is 4.79 Å². The predicted octanol–water partition coefficient (Wildman–Crippen LogP) is 3.82. The molecule has 0 saturated heterocycles. The predicted molar refractivity (Wildman–Crippen MR) is 120 cm³/mol. The molecule has 0 radical (unpaired) electrons. The first-order valence-corrected chi connectivity index (χ1v) is 9.55. The molecule has 0 unspecified atom stereocenters. The van der Waals surface area contributed by atoms with Crippen molar-refractivity contribution in [2.45, 2.75) is 38.5 Å². The Kier molecular flexibility index (Phi) is 11.7. The molecule has 0 heterocycles. The lowest BCUT2D eigenvalue weighted by Gasteiger charge is -2.13. The SMILES string of the molecule is CN=C(NCCCC1CCCC1)NCCNC(=O)c1ccccc1Cl.I. The van der Waals surface area contributed by atoms with Crippen LogP contribution in [0.25, 0.3) is 0 Å². The minimum absolute atomic E-state index is 0. The number of benzene rings is 1. The maximum atomic E-state index is 12.0. The smallest absolute Gasteiger partial charge is 0.252 e. The summed E-state index contributed by atoms with van der Waals surface area (Å²) in [4.78, 5) is 16.3. The molecule has 3 N–H and O–H groups in total. The van der Waals surface area contributed by atoms with Crippen molar-refractivity contribution in [1.82, 2.24) is 16.0 Å². The van der Waals surface area contributed by atoms with Gasteiger partial charge in [-0.3, -0.25) is 9.79 Å². The monoisotopic (exact) mass is 492 g/mol. The number of hydrogen-bond acceptors (Lipinski definition) is 2. The third-order valence-electron chi connectivity index (χ3n) is 4.60. The minimum Gasteiger partial charge on any atom is -0.356 e. The van der Waals surface area contributed by atoms with Gasteiger partial charge >= 0.3 is 0 Å². The van der Waals surface area contributed by atoms with Crippen molar-refractivity contribution in [3.8, 4) is 0 Å². The first-order chi connectivity index (χ1) is 12.2. The van der Waals surface area contributed by atoms with Crippen LogP contribution >= 0.6 is 35.6 Å². The maximum absolute atomic E-state index is 12.0. The van der Waals surface area contributed by atoms with E-state index in [-0.39, 0.29) is 29.9 Å². The summed E-state index contributed by atoms with van der Waals surface area (Å²) in [5.74, 6) is 1.54. The molecule has 0 aliphatic heterocycles. The molecule has 146 valence electrons. The molecule has 0 bridgehead atoms. The summed E-state index contributed by atoms with van der Waals surface area (Å²) in [7, 11) is 1.76. The van der Waals surface area contributed by atoms with Crippen molar-refractivity contribution in [1.29, 1.82) is 0 Å². The molecule has 0 atom stereocenters. The largest absolute Gasteiger partial charge is 0.356 e. The van der Waals surface area contributed by atoms with E-state index >= 15 is 0 Å². The number of amides is 1. The van der Waals surface area contributed by atoms with Gasteiger partial charge < -0.3 is 16.0 Å². The number of hydrogen-bond donors (Lipinski definition) is 3. The molecule has 1 aromatic carbocycles. The van der Waals surface area contributed by atoms with E-state index in [4.69, 9.17) is 11.6 Å². The van der Waals surface area contributed by atoms with Gasteiger partial charge in [-0.1, -0.05) is 49.4 Å². The molecule has 5 nitrogen and oxygen atoms in total. The quantitative estimate of drug-likeness (QED) is 0.224. The van der Waals surface area contributed by atoms with Gasteiger partial charge in [-0.2, -0.15) is 0 Å². The van der Waals surface area contributed by atoms with E-state index in [1.165, 1.54) is 38.5 Å². The summed E-state index contributed by atoms with van der Waals surface area (Å²) >= 11 is 6.02. The summed E-state index contributed by atoms with van der Waals surface area (Å²) in [5.41, 5.74) is 0.499. The molecule has 1 saturated carbocycles. The highest BCUT2D eigenvalue weighted by Gasteiger charge is 2.14. The third kappa shape index (κ3) is 8.12. The zero-order chi connectivity index (χ0) is 17.9. The molecule has 1 fully saturated rings. The third-order valence-corrected chi connectivity index (χ3v) is 4.93. The van der Waals surface area contributed by atoms with Crippen molar-refractivity contribution in [3.05, 3.63) is 34.9 Å². The number of carbonyl (C=O) groups is 1. The van der Waals surface area contributed by atoms with Crippen molar-refractivity contribution in [2.75, 3.05) is 26.7 Å². The Labute approximate surface area is 178 Å². The fourth-order valence-electron chi connectivity index (χ4n) is 3.21.